The van der Waals surface area contributed by atoms with Crippen molar-refractivity contribution in [2.75, 3.05) is 38.7 Å². The molecular formula is C22H24N4O4S. The van der Waals surface area contributed by atoms with E-state index in [-0.39, 0.29) is 11.9 Å². The van der Waals surface area contributed by atoms with Crippen LogP contribution in [0.4, 0.5) is 9.93 Å². The van der Waals surface area contributed by atoms with Crippen molar-refractivity contribution >= 4 is 38.6 Å². The van der Waals surface area contributed by atoms with Crippen LogP contribution in [0.5, 0.6) is 5.75 Å². The Morgan fingerprint density at radius 3 is 2.71 bits per heavy atom. The molecule has 1 saturated heterocycles. The van der Waals surface area contributed by atoms with Crippen LogP contribution in [0.25, 0.3) is 10.2 Å². The Kier molecular flexibility index (Phi) is 6.63. The van der Waals surface area contributed by atoms with E-state index in [2.05, 4.69) is 15.6 Å². The molecular weight excluding hydrogens is 416 g/mol. The number of rotatable bonds is 6. The summed E-state index contributed by atoms with van der Waals surface area (Å²) in [7, 11) is 1.61. The number of aromatic nitrogens is 1. The maximum atomic E-state index is 13.1. The third-order valence-electron chi connectivity index (χ3n) is 5.02. The van der Waals surface area contributed by atoms with Gasteiger partial charge in [0, 0.05) is 19.5 Å². The van der Waals surface area contributed by atoms with Gasteiger partial charge in [-0.1, -0.05) is 41.7 Å². The first-order valence-electron chi connectivity index (χ1n) is 10.0. The number of morpholine rings is 1. The largest absolute Gasteiger partial charge is 0.497 e. The second-order valence-electron chi connectivity index (χ2n) is 7.13. The van der Waals surface area contributed by atoms with E-state index in [0.29, 0.717) is 37.9 Å². The van der Waals surface area contributed by atoms with Gasteiger partial charge in [-0.3, -0.25) is 4.79 Å². The molecule has 0 unspecified atom stereocenters. The zero-order valence-corrected chi connectivity index (χ0v) is 18.0. The third-order valence-corrected chi connectivity index (χ3v) is 5.95. The fraction of sp³-hybridized carbons (Fsp3) is 0.318. The quantitative estimate of drug-likeness (QED) is 0.615. The number of carbonyl (C=O) groups excluding carboxylic acids is 2. The summed E-state index contributed by atoms with van der Waals surface area (Å²) in [5, 5.41) is 6.23. The van der Waals surface area contributed by atoms with E-state index in [9.17, 15) is 9.59 Å². The molecule has 1 fully saturated rings. The summed E-state index contributed by atoms with van der Waals surface area (Å²) in [6.07, 6.45) is 0.376. The first-order valence-corrected chi connectivity index (χ1v) is 10.9. The molecule has 2 N–H and O–H groups in total. The van der Waals surface area contributed by atoms with Crippen molar-refractivity contribution in [3.05, 3.63) is 54.1 Å². The van der Waals surface area contributed by atoms with Crippen LogP contribution in [0.1, 0.15) is 5.56 Å². The number of benzene rings is 2. The van der Waals surface area contributed by atoms with Crippen LogP contribution in [0, 0.1) is 0 Å². The average molecular weight is 441 g/mol. The van der Waals surface area contributed by atoms with E-state index >= 15 is 0 Å². The number of ether oxygens (including phenoxy) is 2. The molecule has 3 amide bonds. The molecule has 162 valence electrons. The Balaban J connectivity index is 1.50. The molecule has 8 nitrogen and oxygen atoms in total. The fourth-order valence-corrected chi connectivity index (χ4v) is 4.24. The van der Waals surface area contributed by atoms with Crippen molar-refractivity contribution in [2.24, 2.45) is 0 Å². The summed E-state index contributed by atoms with van der Waals surface area (Å²) >= 11 is 1.36. The van der Waals surface area contributed by atoms with E-state index in [1.54, 1.807) is 12.0 Å². The lowest BCUT2D eigenvalue weighted by molar-refractivity contribution is -0.118. The van der Waals surface area contributed by atoms with Gasteiger partial charge >= 0.3 is 6.03 Å². The number of nitrogens with one attached hydrogen (secondary N) is 2. The topological polar surface area (TPSA) is 92.8 Å². The van der Waals surface area contributed by atoms with Crippen LogP contribution in [0.15, 0.2) is 48.5 Å². The SMILES string of the molecule is COc1ccc2nc(NC(=O)[C@@H](Cc3ccccc3)NC(=O)N3CCOCC3)sc2c1. The van der Waals surface area contributed by atoms with Gasteiger partial charge < -0.3 is 25.0 Å². The van der Waals surface area contributed by atoms with E-state index in [1.807, 2.05) is 48.5 Å². The van der Waals surface area contributed by atoms with Crippen molar-refractivity contribution < 1.29 is 19.1 Å². The summed E-state index contributed by atoms with van der Waals surface area (Å²) in [6.45, 7) is 2.01. The number of anilines is 1. The summed E-state index contributed by atoms with van der Waals surface area (Å²) < 4.78 is 11.5. The zero-order valence-electron chi connectivity index (χ0n) is 17.2. The molecule has 4 rings (SSSR count). The highest BCUT2D eigenvalue weighted by Crippen LogP contribution is 2.29. The van der Waals surface area contributed by atoms with Crippen LogP contribution >= 0.6 is 11.3 Å². The van der Waals surface area contributed by atoms with Crippen molar-refractivity contribution in [1.29, 1.82) is 0 Å². The minimum absolute atomic E-state index is 0.270. The van der Waals surface area contributed by atoms with Crippen molar-refractivity contribution in [3.63, 3.8) is 0 Å². The number of methoxy groups -OCH3 is 1. The standard InChI is InChI=1S/C22H24N4O4S/c1-29-16-7-8-17-19(14-16)31-21(23-17)25-20(27)18(13-15-5-3-2-4-6-15)24-22(28)26-9-11-30-12-10-26/h2-8,14,18H,9-13H2,1H3,(H,24,28)(H,23,25,27)/t18-/m1/s1. The Hall–Kier alpha value is -3.17. The van der Waals surface area contributed by atoms with E-state index < -0.39 is 6.04 Å². The monoisotopic (exact) mass is 440 g/mol. The number of amides is 3. The van der Waals surface area contributed by atoms with Gasteiger partial charge in [0.05, 0.1) is 30.5 Å². The first-order chi connectivity index (χ1) is 15.1. The third kappa shape index (κ3) is 5.31. The Labute approximate surface area is 184 Å². The second kappa shape index (κ2) is 9.76. The maximum absolute atomic E-state index is 13.1. The highest BCUT2D eigenvalue weighted by atomic mass is 32.1. The van der Waals surface area contributed by atoms with Gasteiger partial charge in [-0.2, -0.15) is 0 Å². The molecule has 3 aromatic rings. The van der Waals surface area contributed by atoms with Crippen molar-refractivity contribution in [3.8, 4) is 5.75 Å². The lowest BCUT2D eigenvalue weighted by atomic mass is 10.1. The molecule has 0 radical (unpaired) electrons. The molecule has 1 aromatic heterocycles. The zero-order chi connectivity index (χ0) is 21.6. The Bertz CT molecular complexity index is 1050. The van der Waals surface area contributed by atoms with Gasteiger partial charge in [0.25, 0.3) is 0 Å². The number of nitrogens with zero attached hydrogens (tertiary/aromatic N) is 2. The number of urea groups is 1. The lowest BCUT2D eigenvalue weighted by Crippen LogP contribution is -2.53. The Morgan fingerprint density at radius 1 is 1.19 bits per heavy atom. The molecule has 9 heteroatoms. The van der Waals surface area contributed by atoms with Gasteiger partial charge in [0.2, 0.25) is 5.91 Å². The van der Waals surface area contributed by atoms with Crippen molar-refractivity contribution in [1.82, 2.24) is 15.2 Å². The molecule has 0 bridgehead atoms. The summed E-state index contributed by atoms with van der Waals surface area (Å²) in [4.78, 5) is 32.0. The molecule has 1 aliphatic heterocycles. The number of hydrogen-bond donors (Lipinski definition) is 2. The van der Waals surface area contributed by atoms with Crippen LogP contribution in [0.2, 0.25) is 0 Å². The molecule has 31 heavy (non-hydrogen) atoms. The summed E-state index contributed by atoms with van der Waals surface area (Å²) in [5.74, 6) is 0.422. The van der Waals surface area contributed by atoms with Crippen LogP contribution in [0.3, 0.4) is 0 Å². The van der Waals surface area contributed by atoms with Gasteiger partial charge in [0.15, 0.2) is 5.13 Å². The van der Waals surface area contributed by atoms with Gasteiger partial charge in [-0.25, -0.2) is 9.78 Å². The van der Waals surface area contributed by atoms with Crippen LogP contribution < -0.4 is 15.4 Å². The predicted octanol–water partition coefficient (Wildman–Crippen LogP) is 2.90. The molecule has 0 aliphatic carbocycles. The van der Waals surface area contributed by atoms with Gasteiger partial charge in [-0.05, 0) is 23.8 Å². The number of fused-ring (bicyclic) bond motifs is 1. The van der Waals surface area contributed by atoms with E-state index in [0.717, 1.165) is 21.5 Å². The molecule has 0 saturated carbocycles. The van der Waals surface area contributed by atoms with Gasteiger partial charge in [0.1, 0.15) is 11.8 Å². The second-order valence-corrected chi connectivity index (χ2v) is 8.16. The molecule has 2 heterocycles. The molecule has 1 atom stereocenters. The number of hydrogen-bond acceptors (Lipinski definition) is 6. The molecule has 0 spiro atoms. The average Bonchev–Trinajstić information content (AvgIpc) is 3.21. The van der Waals surface area contributed by atoms with Gasteiger partial charge in [-0.15, -0.1) is 0 Å². The predicted molar refractivity (Wildman–Crippen MR) is 120 cm³/mol. The first kappa shape index (κ1) is 21.1. The highest BCUT2D eigenvalue weighted by molar-refractivity contribution is 7.22. The minimum Gasteiger partial charge on any atom is -0.497 e. The van der Waals surface area contributed by atoms with Crippen LogP contribution in [-0.4, -0.2) is 61.3 Å². The lowest BCUT2D eigenvalue weighted by Gasteiger charge is -2.29. The van der Waals surface area contributed by atoms with E-state index in [4.69, 9.17) is 9.47 Å². The number of carbonyl (C=O) groups is 2. The number of thiazole rings is 1. The maximum Gasteiger partial charge on any atom is 0.318 e. The summed E-state index contributed by atoms with van der Waals surface area (Å²) in [6, 6.07) is 14.2. The van der Waals surface area contributed by atoms with Crippen LogP contribution in [-0.2, 0) is 16.0 Å². The molecule has 1 aliphatic rings. The Morgan fingerprint density at radius 2 is 1.97 bits per heavy atom. The highest BCUT2D eigenvalue weighted by Gasteiger charge is 2.26. The smallest absolute Gasteiger partial charge is 0.318 e. The van der Waals surface area contributed by atoms with E-state index in [1.165, 1.54) is 11.3 Å². The summed E-state index contributed by atoms with van der Waals surface area (Å²) in [5.41, 5.74) is 1.73. The van der Waals surface area contributed by atoms with Crippen molar-refractivity contribution in [2.45, 2.75) is 12.5 Å². The normalized spacial score (nSPS) is 14.8. The minimum atomic E-state index is -0.737. The fourth-order valence-electron chi connectivity index (χ4n) is 3.34. The molecule has 2 aromatic carbocycles.